The van der Waals surface area contributed by atoms with Crippen LogP contribution in [0, 0.1) is 0 Å². The summed E-state index contributed by atoms with van der Waals surface area (Å²) in [5.74, 6) is -3.54. The van der Waals surface area contributed by atoms with Crippen molar-refractivity contribution in [3.8, 4) is 0 Å². The molecule has 0 fully saturated rings. The van der Waals surface area contributed by atoms with Gasteiger partial charge in [-0.3, -0.25) is 9.80 Å². The van der Waals surface area contributed by atoms with Crippen LogP contribution in [-0.4, -0.2) is 90.6 Å². The normalized spacial score (nSPS) is 13.7. The molecule has 2 unspecified atom stereocenters. The highest BCUT2D eigenvalue weighted by atomic mass is 16.4. The number of aliphatic carboxylic acids is 2. The van der Waals surface area contributed by atoms with E-state index in [1.807, 2.05) is 0 Å². The number of aliphatic hydroxyl groups excluding tert-OH is 2. The minimum Gasteiger partial charge on any atom is -0.479 e. The molecular weight excluding hydrogens is 388 g/mol. The average molecular weight is 437 g/mol. The van der Waals surface area contributed by atoms with Crippen LogP contribution in [-0.2, 0) is 9.59 Å². The van der Waals surface area contributed by atoms with Gasteiger partial charge < -0.3 is 20.4 Å². The quantitative estimate of drug-likeness (QED) is 0.435. The van der Waals surface area contributed by atoms with Crippen LogP contribution in [0.4, 0.5) is 0 Å². The van der Waals surface area contributed by atoms with Crippen LogP contribution in [0.3, 0.4) is 0 Å². The predicted molar refractivity (Wildman–Crippen MR) is 122 cm³/mol. The fourth-order valence-electron chi connectivity index (χ4n) is 3.85. The van der Waals surface area contributed by atoms with Crippen LogP contribution in [0.15, 0.2) is 0 Å². The van der Waals surface area contributed by atoms with Crippen LogP contribution in [0.2, 0.25) is 0 Å². The molecule has 182 valence electrons. The van der Waals surface area contributed by atoms with E-state index in [9.17, 15) is 9.59 Å². The smallest absolute Gasteiger partial charge is 0.335 e. The highest BCUT2D eigenvalue weighted by Gasteiger charge is 2.29. The summed E-state index contributed by atoms with van der Waals surface area (Å²) >= 11 is 0. The largest absolute Gasteiger partial charge is 0.479 e. The zero-order valence-electron chi connectivity index (χ0n) is 21.1. The molecule has 4 N–H and O–H groups in total. The first-order chi connectivity index (χ1) is 13.4. The van der Waals surface area contributed by atoms with Gasteiger partial charge in [0, 0.05) is 36.3 Å². The molecule has 0 aliphatic heterocycles. The van der Waals surface area contributed by atoms with Gasteiger partial charge in [0.15, 0.2) is 12.2 Å². The van der Waals surface area contributed by atoms with Crippen molar-refractivity contribution >= 4 is 11.9 Å². The number of rotatable bonds is 9. The van der Waals surface area contributed by atoms with Gasteiger partial charge in [0.1, 0.15) is 0 Å². The number of carboxylic acids is 2. The molecule has 0 saturated heterocycles. The molecule has 0 aliphatic rings. The number of carbonyl (C=O) groups is 2. The minimum absolute atomic E-state index is 0.667. The standard InChI is InChI=1S/2C9H21N.C4H6O6/c2*1-7(2)10(8(3)4)9(5)6;5-1(3(7)8)2(6)4(9)10/h2*7-9H,1-6H3;1-2,5-6H,(H,7,8)(H,9,10). The molecule has 0 rings (SSSR count). The summed E-state index contributed by atoms with van der Waals surface area (Å²) in [5, 5.41) is 32.5. The van der Waals surface area contributed by atoms with Crippen LogP contribution in [0.1, 0.15) is 83.1 Å². The van der Waals surface area contributed by atoms with Crippen LogP contribution >= 0.6 is 0 Å². The van der Waals surface area contributed by atoms with E-state index in [2.05, 4.69) is 92.9 Å². The fraction of sp³-hybridized carbons (Fsp3) is 0.909. The van der Waals surface area contributed by atoms with Gasteiger partial charge in [-0.25, -0.2) is 9.59 Å². The van der Waals surface area contributed by atoms with E-state index >= 15 is 0 Å². The highest BCUT2D eigenvalue weighted by Crippen LogP contribution is 2.09. The average Bonchev–Trinajstić information content (AvgIpc) is 2.51. The van der Waals surface area contributed by atoms with Gasteiger partial charge in [-0.15, -0.1) is 0 Å². The van der Waals surface area contributed by atoms with E-state index in [-0.39, 0.29) is 0 Å². The van der Waals surface area contributed by atoms with E-state index in [1.165, 1.54) is 0 Å². The van der Waals surface area contributed by atoms with Gasteiger partial charge >= 0.3 is 11.9 Å². The van der Waals surface area contributed by atoms with Gasteiger partial charge in [-0.1, -0.05) is 0 Å². The molecule has 0 aromatic carbocycles. The van der Waals surface area contributed by atoms with Crippen LogP contribution in [0.5, 0.6) is 0 Å². The molecule has 0 heterocycles. The Bertz CT molecular complexity index is 385. The van der Waals surface area contributed by atoms with Gasteiger partial charge in [-0.05, 0) is 83.1 Å². The minimum atomic E-state index is -2.27. The molecule has 8 nitrogen and oxygen atoms in total. The Morgan fingerprint density at radius 1 is 0.467 bits per heavy atom. The third-order valence-electron chi connectivity index (χ3n) is 4.38. The van der Waals surface area contributed by atoms with E-state index in [1.54, 1.807) is 0 Å². The second-order valence-electron chi connectivity index (χ2n) is 9.02. The van der Waals surface area contributed by atoms with Crippen molar-refractivity contribution in [2.75, 3.05) is 0 Å². The molecule has 0 aromatic rings. The third kappa shape index (κ3) is 14.7. The Hall–Kier alpha value is -1.22. The van der Waals surface area contributed by atoms with Crippen molar-refractivity contribution in [3.05, 3.63) is 0 Å². The first-order valence-corrected chi connectivity index (χ1v) is 10.8. The van der Waals surface area contributed by atoms with Crippen molar-refractivity contribution in [1.82, 2.24) is 9.80 Å². The summed E-state index contributed by atoms with van der Waals surface area (Å²) in [6.07, 6.45) is -4.53. The number of aliphatic hydroxyl groups is 2. The maximum atomic E-state index is 9.77. The summed E-state index contributed by atoms with van der Waals surface area (Å²) in [5.41, 5.74) is 0. The number of carboxylic acid groups (broad SMARTS) is 2. The molecule has 0 aliphatic carbocycles. The van der Waals surface area contributed by atoms with Gasteiger partial charge in [0.25, 0.3) is 0 Å². The van der Waals surface area contributed by atoms with Gasteiger partial charge in [-0.2, -0.15) is 0 Å². The number of nitrogens with zero attached hydrogens (tertiary/aromatic N) is 2. The molecule has 8 heteroatoms. The SMILES string of the molecule is CC(C)N(C(C)C)C(C)C.CC(C)N(C(C)C)C(C)C.O=C(O)C(O)C(O)C(=O)O. The molecule has 0 aromatic heterocycles. The Balaban J connectivity index is -0.000000364. The molecule has 0 spiro atoms. The predicted octanol–water partition coefficient (Wildman–Crippen LogP) is 2.90. The summed E-state index contributed by atoms with van der Waals surface area (Å²) in [6, 6.07) is 4.00. The first-order valence-electron chi connectivity index (χ1n) is 10.8. The van der Waals surface area contributed by atoms with E-state index in [0.29, 0.717) is 36.3 Å². The maximum absolute atomic E-state index is 9.77. The lowest BCUT2D eigenvalue weighted by Gasteiger charge is -2.34. The molecule has 0 radical (unpaired) electrons. The molecule has 30 heavy (non-hydrogen) atoms. The highest BCUT2D eigenvalue weighted by molar-refractivity contribution is 5.83. The summed E-state index contributed by atoms with van der Waals surface area (Å²) in [7, 11) is 0. The molecule has 0 bridgehead atoms. The Labute approximate surface area is 183 Å². The summed E-state index contributed by atoms with van der Waals surface area (Å²) in [4.78, 5) is 24.5. The second kappa shape index (κ2) is 16.5. The Morgan fingerprint density at radius 2 is 0.600 bits per heavy atom. The van der Waals surface area contributed by atoms with Gasteiger partial charge in [0.05, 0.1) is 0 Å². The van der Waals surface area contributed by atoms with E-state index < -0.39 is 24.1 Å². The Morgan fingerprint density at radius 3 is 0.633 bits per heavy atom. The maximum Gasteiger partial charge on any atom is 0.335 e. The number of hydrogen-bond donors (Lipinski definition) is 4. The topological polar surface area (TPSA) is 122 Å². The van der Waals surface area contributed by atoms with Crippen LogP contribution in [0.25, 0.3) is 0 Å². The lowest BCUT2D eigenvalue weighted by molar-refractivity contribution is -0.165. The van der Waals surface area contributed by atoms with Crippen molar-refractivity contribution < 1.29 is 30.0 Å². The molecular formula is C22H48N2O6. The zero-order chi connectivity index (χ0) is 24.9. The summed E-state index contributed by atoms with van der Waals surface area (Å²) in [6.45, 7) is 27.0. The molecule has 2 atom stereocenters. The monoisotopic (exact) mass is 436 g/mol. The third-order valence-corrected chi connectivity index (χ3v) is 4.38. The second-order valence-corrected chi connectivity index (χ2v) is 9.02. The van der Waals surface area contributed by atoms with Crippen molar-refractivity contribution in [3.63, 3.8) is 0 Å². The number of hydrogen-bond acceptors (Lipinski definition) is 6. The van der Waals surface area contributed by atoms with Crippen molar-refractivity contribution in [2.45, 2.75) is 132 Å². The lowest BCUT2D eigenvalue weighted by Crippen LogP contribution is -2.42. The zero-order valence-corrected chi connectivity index (χ0v) is 21.1. The van der Waals surface area contributed by atoms with Crippen molar-refractivity contribution in [1.29, 1.82) is 0 Å². The van der Waals surface area contributed by atoms with Crippen LogP contribution < -0.4 is 0 Å². The lowest BCUT2D eigenvalue weighted by atomic mass is 10.2. The molecule has 0 amide bonds. The summed E-state index contributed by atoms with van der Waals surface area (Å²) < 4.78 is 0. The van der Waals surface area contributed by atoms with Crippen molar-refractivity contribution in [2.24, 2.45) is 0 Å². The first kappa shape index (κ1) is 33.4. The van der Waals surface area contributed by atoms with Gasteiger partial charge in [0.2, 0.25) is 0 Å². The van der Waals surface area contributed by atoms with E-state index in [0.717, 1.165) is 0 Å². The fourth-order valence-corrected chi connectivity index (χ4v) is 3.85. The molecule has 0 saturated carbocycles. The van der Waals surface area contributed by atoms with E-state index in [4.69, 9.17) is 20.4 Å². The Kier molecular flexibility index (Phi) is 18.3.